The molecule has 0 saturated carbocycles. The van der Waals surface area contributed by atoms with Gasteiger partial charge in [0.05, 0.1) is 0 Å². The van der Waals surface area contributed by atoms with Gasteiger partial charge in [0, 0.05) is 36.1 Å². The minimum Gasteiger partial charge on any atom is -0.329 e. The van der Waals surface area contributed by atoms with Crippen molar-refractivity contribution in [2.75, 3.05) is 13.1 Å². The van der Waals surface area contributed by atoms with Gasteiger partial charge in [-0.05, 0) is 12.1 Å². The predicted molar refractivity (Wildman–Crippen MR) is 64.7 cm³/mol. The van der Waals surface area contributed by atoms with Gasteiger partial charge >= 0.3 is 0 Å². The normalized spacial score (nSPS) is 12.1. The summed E-state index contributed by atoms with van der Waals surface area (Å²) in [6, 6.07) is 4.33. The Balaban J connectivity index is 2.75. The van der Waals surface area contributed by atoms with E-state index < -0.39 is 0 Å². The number of halogens is 2. The minimum absolute atomic E-state index is 0.231. The quantitative estimate of drug-likeness (QED) is 0.611. The number of hydrogen-bond acceptors (Lipinski definition) is 2. The van der Waals surface area contributed by atoms with Gasteiger partial charge in [0.1, 0.15) is 5.82 Å². The maximum absolute atomic E-state index is 13.6. The van der Waals surface area contributed by atoms with Gasteiger partial charge in [-0.2, -0.15) is 0 Å². The lowest BCUT2D eigenvalue weighted by Crippen LogP contribution is -2.29. The third-order valence-electron chi connectivity index (χ3n) is 2.23. The lowest BCUT2D eigenvalue weighted by molar-refractivity contribution is 0.512. The molecule has 0 bridgehead atoms. The molecule has 3 N–H and O–H groups in total. The summed E-state index contributed by atoms with van der Waals surface area (Å²) in [6.07, 6.45) is 5.72. The Morgan fingerprint density at radius 1 is 1.56 bits per heavy atom. The van der Waals surface area contributed by atoms with Crippen LogP contribution in [0.2, 0.25) is 5.02 Å². The average Bonchev–Trinajstić information content (AvgIpc) is 2.26. The van der Waals surface area contributed by atoms with Gasteiger partial charge in [-0.15, -0.1) is 12.3 Å². The van der Waals surface area contributed by atoms with Crippen molar-refractivity contribution in [3.63, 3.8) is 0 Å². The maximum Gasteiger partial charge on any atom is 0.129 e. The molecule has 16 heavy (non-hydrogen) atoms. The van der Waals surface area contributed by atoms with Crippen LogP contribution in [0, 0.1) is 18.2 Å². The van der Waals surface area contributed by atoms with Crippen molar-refractivity contribution in [3.05, 3.63) is 34.6 Å². The van der Waals surface area contributed by atoms with Crippen LogP contribution in [0.15, 0.2) is 18.2 Å². The molecule has 1 atom stereocenters. The summed E-state index contributed by atoms with van der Waals surface area (Å²) in [7, 11) is 0. The average molecular weight is 241 g/mol. The number of benzene rings is 1. The molecular formula is C12H14ClFN2. The second-order valence-corrected chi connectivity index (χ2v) is 3.80. The summed E-state index contributed by atoms with van der Waals surface area (Å²) in [6.45, 7) is 0.920. The SMILES string of the molecule is C#CCCNC(CN)c1ccc(Cl)cc1F. The van der Waals surface area contributed by atoms with Crippen molar-refractivity contribution < 1.29 is 4.39 Å². The molecule has 0 aromatic heterocycles. The molecule has 1 aromatic carbocycles. The lowest BCUT2D eigenvalue weighted by atomic mass is 10.1. The van der Waals surface area contributed by atoms with Crippen molar-refractivity contribution in [2.24, 2.45) is 5.73 Å². The monoisotopic (exact) mass is 240 g/mol. The molecule has 0 saturated heterocycles. The van der Waals surface area contributed by atoms with Gasteiger partial charge in [-0.25, -0.2) is 4.39 Å². The van der Waals surface area contributed by atoms with Crippen molar-refractivity contribution in [1.29, 1.82) is 0 Å². The van der Waals surface area contributed by atoms with Gasteiger partial charge < -0.3 is 11.1 Å². The Labute approximate surface area is 100.0 Å². The van der Waals surface area contributed by atoms with Crippen molar-refractivity contribution >= 4 is 11.6 Å². The molecular weight excluding hydrogens is 227 g/mol. The number of hydrogen-bond donors (Lipinski definition) is 2. The van der Waals surface area contributed by atoms with Crippen LogP contribution < -0.4 is 11.1 Å². The van der Waals surface area contributed by atoms with Gasteiger partial charge in [-0.1, -0.05) is 17.7 Å². The van der Waals surface area contributed by atoms with E-state index >= 15 is 0 Å². The molecule has 0 amide bonds. The maximum atomic E-state index is 13.6. The summed E-state index contributed by atoms with van der Waals surface area (Å²) < 4.78 is 13.6. The van der Waals surface area contributed by atoms with Crippen LogP contribution in [0.3, 0.4) is 0 Å². The molecule has 0 aliphatic rings. The largest absolute Gasteiger partial charge is 0.329 e. The van der Waals surface area contributed by atoms with Crippen LogP contribution in [0.4, 0.5) is 4.39 Å². The first-order valence-corrected chi connectivity index (χ1v) is 5.38. The highest BCUT2D eigenvalue weighted by Gasteiger charge is 2.13. The Hall–Kier alpha value is -1.08. The van der Waals surface area contributed by atoms with Crippen molar-refractivity contribution in [1.82, 2.24) is 5.32 Å². The summed E-state index contributed by atoms with van der Waals surface area (Å²) in [4.78, 5) is 0. The topological polar surface area (TPSA) is 38.0 Å². The zero-order chi connectivity index (χ0) is 12.0. The molecule has 4 heteroatoms. The number of terminal acetylenes is 1. The lowest BCUT2D eigenvalue weighted by Gasteiger charge is -2.17. The van der Waals surface area contributed by atoms with E-state index in [-0.39, 0.29) is 11.9 Å². The Kier molecular flexibility index (Phi) is 5.27. The standard InChI is InChI=1S/C12H14ClFN2/c1-2-3-6-16-12(8-15)10-5-4-9(13)7-11(10)14/h1,4-5,7,12,16H,3,6,8,15H2. The molecule has 1 unspecified atom stereocenters. The van der Waals surface area contributed by atoms with Gasteiger partial charge in [0.25, 0.3) is 0 Å². The van der Waals surface area contributed by atoms with Crippen LogP contribution >= 0.6 is 11.6 Å². The minimum atomic E-state index is -0.351. The Morgan fingerprint density at radius 3 is 2.88 bits per heavy atom. The zero-order valence-electron chi connectivity index (χ0n) is 8.84. The Morgan fingerprint density at radius 2 is 2.31 bits per heavy atom. The van der Waals surface area contributed by atoms with E-state index in [1.807, 2.05) is 0 Å². The second kappa shape index (κ2) is 6.49. The molecule has 1 rings (SSSR count). The Bertz CT molecular complexity index is 387. The fourth-order valence-corrected chi connectivity index (χ4v) is 1.58. The predicted octanol–water partition coefficient (Wildman–Crippen LogP) is 2.09. The highest BCUT2D eigenvalue weighted by molar-refractivity contribution is 6.30. The van der Waals surface area contributed by atoms with Crippen LogP contribution in [0.5, 0.6) is 0 Å². The number of nitrogens with two attached hydrogens (primary N) is 1. The van der Waals surface area contributed by atoms with Gasteiger partial charge in [0.15, 0.2) is 0 Å². The fraction of sp³-hybridized carbons (Fsp3) is 0.333. The second-order valence-electron chi connectivity index (χ2n) is 3.36. The van der Waals surface area contributed by atoms with Crippen LogP contribution in [-0.2, 0) is 0 Å². The number of nitrogens with one attached hydrogen (secondary N) is 1. The van der Waals surface area contributed by atoms with E-state index in [2.05, 4.69) is 11.2 Å². The first-order valence-electron chi connectivity index (χ1n) is 5.01. The molecule has 0 fully saturated rings. The van der Waals surface area contributed by atoms with E-state index in [1.165, 1.54) is 6.07 Å². The summed E-state index contributed by atoms with van der Waals surface area (Å²) in [5, 5.41) is 3.47. The highest BCUT2D eigenvalue weighted by Crippen LogP contribution is 2.20. The molecule has 0 aliphatic carbocycles. The summed E-state index contributed by atoms with van der Waals surface area (Å²) in [5.74, 6) is 2.15. The fourth-order valence-electron chi connectivity index (χ4n) is 1.42. The summed E-state index contributed by atoms with van der Waals surface area (Å²) in [5.41, 5.74) is 6.10. The van der Waals surface area contributed by atoms with Crippen molar-refractivity contribution in [3.8, 4) is 12.3 Å². The van der Waals surface area contributed by atoms with E-state index in [4.69, 9.17) is 23.8 Å². The molecule has 0 aliphatic heterocycles. The first-order chi connectivity index (χ1) is 7.69. The smallest absolute Gasteiger partial charge is 0.129 e. The molecule has 0 spiro atoms. The van der Waals surface area contributed by atoms with E-state index in [1.54, 1.807) is 12.1 Å². The van der Waals surface area contributed by atoms with Crippen LogP contribution in [-0.4, -0.2) is 13.1 Å². The molecule has 86 valence electrons. The third kappa shape index (κ3) is 3.49. The molecule has 2 nitrogen and oxygen atoms in total. The summed E-state index contributed by atoms with van der Waals surface area (Å²) >= 11 is 5.67. The van der Waals surface area contributed by atoms with Crippen LogP contribution in [0.1, 0.15) is 18.0 Å². The highest BCUT2D eigenvalue weighted by atomic mass is 35.5. The van der Waals surface area contributed by atoms with Crippen LogP contribution in [0.25, 0.3) is 0 Å². The first kappa shape index (κ1) is 13.0. The molecule has 1 aromatic rings. The van der Waals surface area contributed by atoms with Gasteiger partial charge in [-0.3, -0.25) is 0 Å². The molecule has 0 heterocycles. The molecule has 0 radical (unpaired) electrons. The van der Waals surface area contributed by atoms with Crippen molar-refractivity contribution in [2.45, 2.75) is 12.5 Å². The zero-order valence-corrected chi connectivity index (χ0v) is 9.60. The van der Waals surface area contributed by atoms with E-state index in [0.717, 1.165) is 0 Å². The van der Waals surface area contributed by atoms with E-state index in [9.17, 15) is 4.39 Å². The van der Waals surface area contributed by atoms with Gasteiger partial charge in [0.2, 0.25) is 0 Å². The van der Waals surface area contributed by atoms with E-state index in [0.29, 0.717) is 30.1 Å². The number of rotatable bonds is 5. The third-order valence-corrected chi connectivity index (χ3v) is 2.47.